The smallest absolute Gasteiger partial charge is 0.260 e. The Morgan fingerprint density at radius 1 is 1.35 bits per heavy atom. The van der Waals surface area contributed by atoms with Crippen molar-refractivity contribution in [3.8, 4) is 0 Å². The third-order valence-electron chi connectivity index (χ3n) is 3.31. The van der Waals surface area contributed by atoms with Crippen LogP contribution in [-0.4, -0.2) is 29.0 Å². The van der Waals surface area contributed by atoms with Gasteiger partial charge >= 0.3 is 0 Å². The van der Waals surface area contributed by atoms with Crippen LogP contribution in [0.2, 0.25) is 0 Å². The van der Waals surface area contributed by atoms with E-state index in [9.17, 15) is 8.42 Å². The van der Waals surface area contributed by atoms with Crippen LogP contribution in [0.1, 0.15) is 18.4 Å². The van der Waals surface area contributed by atoms with Gasteiger partial charge in [0.25, 0.3) is 10.0 Å². The van der Waals surface area contributed by atoms with Crippen molar-refractivity contribution in [2.45, 2.75) is 30.5 Å². The summed E-state index contributed by atoms with van der Waals surface area (Å²) >= 11 is 0. The Labute approximate surface area is 117 Å². The molecule has 0 amide bonds. The number of rotatable bonds is 5. The molecule has 0 saturated heterocycles. The Morgan fingerprint density at radius 3 is 2.75 bits per heavy atom. The van der Waals surface area contributed by atoms with Gasteiger partial charge in [0.15, 0.2) is 5.03 Å². The molecule has 1 heterocycles. The number of sulfonamides is 1. The average molecular weight is 292 g/mol. The average Bonchev–Trinajstić information content (AvgIpc) is 3.08. The maximum absolute atomic E-state index is 12.6. The van der Waals surface area contributed by atoms with E-state index in [1.807, 2.05) is 12.1 Å². The zero-order chi connectivity index (χ0) is 14.2. The molecular weight excluding hydrogens is 276 g/mol. The minimum absolute atomic E-state index is 0.0738. The predicted molar refractivity (Wildman–Crippen MR) is 75.2 cm³/mol. The summed E-state index contributed by atoms with van der Waals surface area (Å²) in [6.45, 7) is 0.330. The summed E-state index contributed by atoms with van der Waals surface area (Å²) in [4.78, 5) is 0. The lowest BCUT2D eigenvalue weighted by Gasteiger charge is -2.21. The van der Waals surface area contributed by atoms with Crippen LogP contribution in [0.4, 0.5) is 5.69 Å². The maximum Gasteiger partial charge on any atom is 0.260 e. The molecule has 0 atom stereocenters. The van der Waals surface area contributed by atoms with Crippen LogP contribution >= 0.6 is 0 Å². The van der Waals surface area contributed by atoms with E-state index >= 15 is 0 Å². The van der Waals surface area contributed by atoms with Crippen molar-refractivity contribution in [2.75, 3.05) is 5.73 Å². The van der Waals surface area contributed by atoms with Crippen molar-refractivity contribution < 1.29 is 8.42 Å². The summed E-state index contributed by atoms with van der Waals surface area (Å²) in [7, 11) is -3.53. The first-order valence-corrected chi connectivity index (χ1v) is 7.87. The van der Waals surface area contributed by atoms with Crippen LogP contribution in [0.5, 0.6) is 0 Å². The molecule has 0 bridgehead atoms. The van der Waals surface area contributed by atoms with Crippen molar-refractivity contribution in [3.63, 3.8) is 0 Å². The highest BCUT2D eigenvalue weighted by Gasteiger charge is 2.38. The molecule has 3 rings (SSSR count). The highest BCUT2D eigenvalue weighted by molar-refractivity contribution is 7.89. The van der Waals surface area contributed by atoms with E-state index in [1.54, 1.807) is 12.1 Å². The van der Waals surface area contributed by atoms with Gasteiger partial charge in [-0.05, 0) is 36.6 Å². The molecule has 0 radical (unpaired) electrons. The number of H-pyrrole nitrogens is 1. The van der Waals surface area contributed by atoms with E-state index in [0.717, 1.165) is 18.4 Å². The van der Waals surface area contributed by atoms with Crippen molar-refractivity contribution in [2.24, 2.45) is 0 Å². The Bertz CT molecular complexity index is 693. The molecular formula is C13H16N4O2S. The minimum atomic E-state index is -3.53. The molecule has 1 aromatic heterocycles. The zero-order valence-corrected chi connectivity index (χ0v) is 11.7. The minimum Gasteiger partial charge on any atom is -0.399 e. The summed E-state index contributed by atoms with van der Waals surface area (Å²) in [6, 6.07) is 8.85. The van der Waals surface area contributed by atoms with E-state index in [1.165, 1.54) is 16.6 Å². The van der Waals surface area contributed by atoms with Gasteiger partial charge in [0.1, 0.15) is 0 Å². The van der Waals surface area contributed by atoms with Crippen LogP contribution in [0.25, 0.3) is 0 Å². The standard InChI is InChI=1S/C13H16N4O2S/c14-11-3-1-2-10(8-11)9-17(12-4-5-12)20(18,19)13-6-7-15-16-13/h1-3,6-8,12H,4-5,9,14H2,(H,15,16). The molecule has 6 nitrogen and oxygen atoms in total. The van der Waals surface area contributed by atoms with Crippen molar-refractivity contribution in [3.05, 3.63) is 42.1 Å². The van der Waals surface area contributed by atoms with Gasteiger partial charge in [-0.2, -0.15) is 9.40 Å². The lowest BCUT2D eigenvalue weighted by Crippen LogP contribution is -2.33. The zero-order valence-electron chi connectivity index (χ0n) is 10.9. The van der Waals surface area contributed by atoms with Gasteiger partial charge < -0.3 is 5.73 Å². The van der Waals surface area contributed by atoms with Gasteiger partial charge in [0.2, 0.25) is 0 Å². The van der Waals surface area contributed by atoms with E-state index in [2.05, 4.69) is 10.2 Å². The summed E-state index contributed by atoms with van der Waals surface area (Å²) in [6.07, 6.45) is 3.24. The molecule has 20 heavy (non-hydrogen) atoms. The maximum atomic E-state index is 12.6. The quantitative estimate of drug-likeness (QED) is 0.814. The van der Waals surface area contributed by atoms with E-state index < -0.39 is 10.0 Å². The third kappa shape index (κ3) is 2.54. The number of aromatic nitrogens is 2. The number of nitrogens with zero attached hydrogens (tertiary/aromatic N) is 2. The van der Waals surface area contributed by atoms with Gasteiger partial charge in [-0.25, -0.2) is 8.42 Å². The lowest BCUT2D eigenvalue weighted by molar-refractivity contribution is 0.396. The molecule has 0 spiro atoms. The summed E-state index contributed by atoms with van der Waals surface area (Å²) in [5.74, 6) is 0. The number of hydrogen-bond donors (Lipinski definition) is 2. The van der Waals surface area contributed by atoms with Gasteiger partial charge in [-0.1, -0.05) is 12.1 Å². The number of nitrogen functional groups attached to an aromatic ring is 1. The van der Waals surface area contributed by atoms with Gasteiger partial charge in [0, 0.05) is 18.3 Å². The number of nitrogens with two attached hydrogens (primary N) is 1. The molecule has 106 valence electrons. The van der Waals surface area contributed by atoms with E-state index in [0.29, 0.717) is 12.2 Å². The lowest BCUT2D eigenvalue weighted by atomic mass is 10.2. The van der Waals surface area contributed by atoms with E-state index in [4.69, 9.17) is 5.73 Å². The fourth-order valence-corrected chi connectivity index (χ4v) is 3.73. The predicted octanol–water partition coefficient (Wildman–Crippen LogP) is 1.35. The first-order chi connectivity index (χ1) is 9.57. The topological polar surface area (TPSA) is 92.1 Å². The third-order valence-corrected chi connectivity index (χ3v) is 5.13. The molecule has 1 aromatic carbocycles. The van der Waals surface area contributed by atoms with E-state index in [-0.39, 0.29) is 11.1 Å². The molecule has 0 aliphatic heterocycles. The Kier molecular flexibility index (Phi) is 3.23. The second kappa shape index (κ2) is 4.92. The van der Waals surface area contributed by atoms with Crippen LogP contribution in [0.3, 0.4) is 0 Å². The van der Waals surface area contributed by atoms with Crippen LogP contribution in [0.15, 0.2) is 41.6 Å². The van der Waals surface area contributed by atoms with Gasteiger partial charge in [0.05, 0.1) is 6.20 Å². The van der Waals surface area contributed by atoms with Crippen molar-refractivity contribution in [1.29, 1.82) is 0 Å². The highest BCUT2D eigenvalue weighted by atomic mass is 32.2. The number of benzene rings is 1. The highest BCUT2D eigenvalue weighted by Crippen LogP contribution is 2.33. The number of aromatic amines is 1. The van der Waals surface area contributed by atoms with Crippen molar-refractivity contribution in [1.82, 2.24) is 14.5 Å². The largest absolute Gasteiger partial charge is 0.399 e. The first kappa shape index (κ1) is 13.1. The summed E-state index contributed by atoms with van der Waals surface area (Å²) in [5, 5.41) is 6.39. The Morgan fingerprint density at radius 2 is 2.15 bits per heavy atom. The normalized spacial score (nSPS) is 15.7. The molecule has 7 heteroatoms. The van der Waals surface area contributed by atoms with Crippen LogP contribution < -0.4 is 5.73 Å². The van der Waals surface area contributed by atoms with Gasteiger partial charge in [-0.3, -0.25) is 5.10 Å². The Balaban J connectivity index is 1.90. The SMILES string of the molecule is Nc1cccc(CN(C2CC2)S(=O)(=O)c2ccn[nH]2)c1. The monoisotopic (exact) mass is 292 g/mol. The fourth-order valence-electron chi connectivity index (χ4n) is 2.16. The number of nitrogens with one attached hydrogen (secondary N) is 1. The number of hydrogen-bond acceptors (Lipinski definition) is 4. The fraction of sp³-hybridized carbons (Fsp3) is 0.308. The number of anilines is 1. The summed E-state index contributed by atoms with van der Waals surface area (Å²) < 4.78 is 26.7. The summed E-state index contributed by atoms with van der Waals surface area (Å²) in [5.41, 5.74) is 7.27. The molecule has 1 fully saturated rings. The molecule has 1 aliphatic rings. The molecule has 1 aliphatic carbocycles. The molecule has 0 unspecified atom stereocenters. The second-order valence-corrected chi connectivity index (χ2v) is 6.81. The van der Waals surface area contributed by atoms with Crippen molar-refractivity contribution >= 4 is 15.7 Å². The van der Waals surface area contributed by atoms with Crippen LogP contribution in [0, 0.1) is 0 Å². The Hall–Kier alpha value is -1.86. The van der Waals surface area contributed by atoms with Gasteiger partial charge in [-0.15, -0.1) is 0 Å². The molecule has 2 aromatic rings. The first-order valence-electron chi connectivity index (χ1n) is 6.43. The molecule has 3 N–H and O–H groups in total. The van der Waals surface area contributed by atoms with Crippen LogP contribution in [-0.2, 0) is 16.6 Å². The second-order valence-electron chi connectivity index (χ2n) is 4.95. The molecule has 1 saturated carbocycles.